The second kappa shape index (κ2) is 6.39. The fourth-order valence-electron chi connectivity index (χ4n) is 2.78. The number of aromatic nitrogens is 2. The summed E-state index contributed by atoms with van der Waals surface area (Å²) in [5.41, 5.74) is 6.06. The van der Waals surface area contributed by atoms with Crippen LogP contribution in [0, 0.1) is 5.82 Å². The summed E-state index contributed by atoms with van der Waals surface area (Å²) < 4.78 is 15.7. The first-order valence-corrected chi connectivity index (χ1v) is 8.83. The first-order chi connectivity index (χ1) is 12.2. The van der Waals surface area contributed by atoms with Gasteiger partial charge in [0.1, 0.15) is 5.82 Å². The Balaban J connectivity index is 1.93. The summed E-state index contributed by atoms with van der Waals surface area (Å²) >= 11 is 7.81. The van der Waals surface area contributed by atoms with Gasteiger partial charge in [-0.15, -0.1) is 11.3 Å². The highest BCUT2D eigenvalue weighted by Gasteiger charge is 2.15. The Bertz CT molecular complexity index is 1100. The van der Waals surface area contributed by atoms with E-state index in [0.29, 0.717) is 21.8 Å². The standard InChI is InChI=1S/C20H12ClFN2S/c1-2-12-8-17(22)15(10-16(12)21)20-14(4-3-7-23-20)13-5-6-18-19(9-13)25-11-24-18/h2-11H,1H2. The maximum atomic E-state index is 14.6. The van der Waals surface area contributed by atoms with Crippen molar-refractivity contribution >= 4 is 39.2 Å². The molecule has 4 aromatic rings. The van der Waals surface area contributed by atoms with Crippen molar-refractivity contribution in [3.05, 3.63) is 77.2 Å². The van der Waals surface area contributed by atoms with Gasteiger partial charge in [-0.05, 0) is 41.5 Å². The second-order valence-electron chi connectivity index (χ2n) is 5.49. The maximum absolute atomic E-state index is 14.6. The third-order valence-corrected chi connectivity index (χ3v) is 5.13. The summed E-state index contributed by atoms with van der Waals surface area (Å²) in [5, 5.41) is 0.445. The molecule has 0 spiro atoms. The van der Waals surface area contributed by atoms with Crippen molar-refractivity contribution in [3.63, 3.8) is 0 Å². The largest absolute Gasteiger partial charge is 0.255 e. The van der Waals surface area contributed by atoms with Crippen LogP contribution in [-0.4, -0.2) is 9.97 Å². The molecule has 2 aromatic carbocycles. The van der Waals surface area contributed by atoms with Crippen LogP contribution in [0.4, 0.5) is 4.39 Å². The van der Waals surface area contributed by atoms with E-state index in [-0.39, 0.29) is 5.82 Å². The molecule has 0 aliphatic carbocycles. The van der Waals surface area contributed by atoms with Crippen LogP contribution in [-0.2, 0) is 0 Å². The highest BCUT2D eigenvalue weighted by molar-refractivity contribution is 7.16. The van der Waals surface area contributed by atoms with Gasteiger partial charge in [-0.3, -0.25) is 4.98 Å². The lowest BCUT2D eigenvalue weighted by atomic mass is 9.98. The first kappa shape index (κ1) is 15.9. The average molecular weight is 367 g/mol. The minimum Gasteiger partial charge on any atom is -0.255 e. The van der Waals surface area contributed by atoms with Crippen LogP contribution in [0.2, 0.25) is 5.02 Å². The van der Waals surface area contributed by atoms with Crippen molar-refractivity contribution in [2.45, 2.75) is 0 Å². The maximum Gasteiger partial charge on any atom is 0.133 e. The summed E-state index contributed by atoms with van der Waals surface area (Å²) in [5.74, 6) is -0.377. The molecule has 0 saturated heterocycles. The lowest BCUT2D eigenvalue weighted by molar-refractivity contribution is 0.630. The van der Waals surface area contributed by atoms with Gasteiger partial charge < -0.3 is 0 Å². The summed E-state index contributed by atoms with van der Waals surface area (Å²) in [6.07, 6.45) is 3.19. The Morgan fingerprint density at radius 2 is 1.96 bits per heavy atom. The second-order valence-corrected chi connectivity index (χ2v) is 6.79. The number of hydrogen-bond donors (Lipinski definition) is 0. The van der Waals surface area contributed by atoms with Crippen molar-refractivity contribution in [1.82, 2.24) is 9.97 Å². The molecule has 5 heteroatoms. The quantitative estimate of drug-likeness (QED) is 0.415. The van der Waals surface area contributed by atoms with Gasteiger partial charge in [-0.25, -0.2) is 9.37 Å². The fraction of sp³-hybridized carbons (Fsp3) is 0. The van der Waals surface area contributed by atoms with E-state index in [0.717, 1.165) is 21.3 Å². The molecule has 0 saturated carbocycles. The summed E-state index contributed by atoms with van der Waals surface area (Å²) in [6, 6.07) is 12.7. The number of thiazole rings is 1. The molecule has 0 radical (unpaired) electrons. The van der Waals surface area contributed by atoms with Crippen LogP contribution in [0.5, 0.6) is 0 Å². The number of fused-ring (bicyclic) bond motifs is 1. The number of halogens is 2. The first-order valence-electron chi connectivity index (χ1n) is 7.58. The molecule has 0 aliphatic rings. The van der Waals surface area contributed by atoms with Crippen molar-refractivity contribution in [2.24, 2.45) is 0 Å². The van der Waals surface area contributed by atoms with Crippen LogP contribution < -0.4 is 0 Å². The number of rotatable bonds is 3. The van der Waals surface area contributed by atoms with E-state index >= 15 is 0 Å². The van der Waals surface area contributed by atoms with Crippen LogP contribution >= 0.6 is 22.9 Å². The van der Waals surface area contributed by atoms with Gasteiger partial charge in [0, 0.05) is 22.3 Å². The van der Waals surface area contributed by atoms with E-state index in [4.69, 9.17) is 11.6 Å². The van der Waals surface area contributed by atoms with Crippen LogP contribution in [0.25, 0.3) is 38.7 Å². The molecule has 25 heavy (non-hydrogen) atoms. The van der Waals surface area contributed by atoms with Gasteiger partial charge in [-0.1, -0.05) is 36.4 Å². The third kappa shape index (κ3) is 2.84. The van der Waals surface area contributed by atoms with Crippen LogP contribution in [0.3, 0.4) is 0 Å². The van der Waals surface area contributed by atoms with Crippen LogP contribution in [0.15, 0.2) is 60.8 Å². The lowest BCUT2D eigenvalue weighted by Gasteiger charge is -2.11. The molecule has 4 rings (SSSR count). The Hall–Kier alpha value is -2.56. The molecule has 2 nitrogen and oxygen atoms in total. The SMILES string of the molecule is C=Cc1cc(F)c(-c2ncccc2-c2ccc3ncsc3c2)cc1Cl. The molecule has 0 fully saturated rings. The zero-order chi connectivity index (χ0) is 17.4. The normalized spacial score (nSPS) is 11.0. The molecule has 2 heterocycles. The molecule has 122 valence electrons. The predicted octanol–water partition coefficient (Wildman–Crippen LogP) is 6.46. The van der Waals surface area contributed by atoms with E-state index in [2.05, 4.69) is 16.5 Å². The zero-order valence-electron chi connectivity index (χ0n) is 13.0. The van der Waals surface area contributed by atoms with E-state index in [1.807, 2.05) is 35.8 Å². The number of benzene rings is 2. The Kier molecular flexibility index (Phi) is 4.07. The monoisotopic (exact) mass is 366 g/mol. The minimum absolute atomic E-state index is 0.371. The molecule has 2 aromatic heterocycles. The predicted molar refractivity (Wildman–Crippen MR) is 103 cm³/mol. The van der Waals surface area contributed by atoms with Gasteiger partial charge in [-0.2, -0.15) is 0 Å². The molecule has 0 N–H and O–H groups in total. The lowest BCUT2D eigenvalue weighted by Crippen LogP contribution is -1.93. The highest BCUT2D eigenvalue weighted by atomic mass is 35.5. The summed E-state index contributed by atoms with van der Waals surface area (Å²) in [4.78, 5) is 8.71. The summed E-state index contributed by atoms with van der Waals surface area (Å²) in [6.45, 7) is 3.65. The van der Waals surface area contributed by atoms with E-state index in [9.17, 15) is 4.39 Å². The Labute approximate surface area is 153 Å². The van der Waals surface area contributed by atoms with Crippen molar-refractivity contribution in [2.75, 3.05) is 0 Å². The average Bonchev–Trinajstić information content (AvgIpc) is 3.11. The van der Waals surface area contributed by atoms with Crippen molar-refractivity contribution in [1.29, 1.82) is 0 Å². The molecular formula is C20H12ClFN2S. The van der Waals surface area contributed by atoms with Gasteiger partial charge in [0.15, 0.2) is 0 Å². The molecule has 0 aliphatic heterocycles. The van der Waals surface area contributed by atoms with E-state index < -0.39 is 0 Å². The zero-order valence-corrected chi connectivity index (χ0v) is 14.6. The van der Waals surface area contributed by atoms with Gasteiger partial charge in [0.05, 0.1) is 21.4 Å². The molecule has 0 unspecified atom stereocenters. The summed E-state index contributed by atoms with van der Waals surface area (Å²) in [7, 11) is 0. The van der Waals surface area contributed by atoms with Crippen molar-refractivity contribution in [3.8, 4) is 22.4 Å². The van der Waals surface area contributed by atoms with E-state index in [1.165, 1.54) is 12.1 Å². The van der Waals surface area contributed by atoms with Crippen LogP contribution in [0.1, 0.15) is 5.56 Å². The number of hydrogen-bond acceptors (Lipinski definition) is 3. The topological polar surface area (TPSA) is 25.8 Å². The molecule has 0 bridgehead atoms. The van der Waals surface area contributed by atoms with Gasteiger partial charge in [0.2, 0.25) is 0 Å². The smallest absolute Gasteiger partial charge is 0.133 e. The minimum atomic E-state index is -0.377. The molecular weight excluding hydrogens is 355 g/mol. The number of nitrogens with zero attached hydrogens (tertiary/aromatic N) is 2. The molecule has 0 amide bonds. The Morgan fingerprint density at radius 1 is 1.08 bits per heavy atom. The highest BCUT2D eigenvalue weighted by Crippen LogP contribution is 2.36. The van der Waals surface area contributed by atoms with Gasteiger partial charge >= 0.3 is 0 Å². The fourth-order valence-corrected chi connectivity index (χ4v) is 3.73. The third-order valence-electron chi connectivity index (χ3n) is 4.01. The van der Waals surface area contributed by atoms with E-state index in [1.54, 1.807) is 23.6 Å². The van der Waals surface area contributed by atoms with Crippen molar-refractivity contribution < 1.29 is 4.39 Å². The number of pyridine rings is 1. The Morgan fingerprint density at radius 3 is 2.80 bits per heavy atom. The molecule has 0 atom stereocenters. The van der Waals surface area contributed by atoms with Gasteiger partial charge in [0.25, 0.3) is 0 Å².